The van der Waals surface area contributed by atoms with E-state index in [1.165, 1.54) is 0 Å². The molecule has 0 aliphatic carbocycles. The fourth-order valence-corrected chi connectivity index (χ4v) is 4.75. The van der Waals surface area contributed by atoms with Crippen LogP contribution in [0.1, 0.15) is 29.9 Å². The highest BCUT2D eigenvalue weighted by Crippen LogP contribution is 2.34. The maximum atomic E-state index is 12.4. The highest BCUT2D eigenvalue weighted by molar-refractivity contribution is 5.75. The summed E-state index contributed by atoms with van der Waals surface area (Å²) in [6.07, 6.45) is 1.02. The van der Waals surface area contributed by atoms with Gasteiger partial charge < -0.3 is 34.8 Å². The highest BCUT2D eigenvalue weighted by Gasteiger charge is 2.26. The molecule has 0 saturated carbocycles. The van der Waals surface area contributed by atoms with Crippen LogP contribution in [-0.4, -0.2) is 95.6 Å². The molecule has 0 radical (unpaired) electrons. The Morgan fingerprint density at radius 3 is 2.62 bits per heavy atom. The van der Waals surface area contributed by atoms with Gasteiger partial charge in [0.2, 0.25) is 0 Å². The third kappa shape index (κ3) is 6.66. The number of benzene rings is 1. The van der Waals surface area contributed by atoms with Crippen molar-refractivity contribution in [3.8, 4) is 28.4 Å². The first-order valence-corrected chi connectivity index (χ1v) is 13.3. The minimum atomic E-state index is -0.615. The normalized spacial score (nSPS) is 14.8. The lowest BCUT2D eigenvalue weighted by Gasteiger charge is -2.34. The van der Waals surface area contributed by atoms with Crippen LogP contribution in [0.4, 0.5) is 10.6 Å². The molecule has 3 heterocycles. The Bertz CT molecular complexity index is 1270. The smallest absolute Gasteiger partial charge is 0.319 e. The third-order valence-electron chi connectivity index (χ3n) is 6.88. The molecular formula is C28H39N7O4. The summed E-state index contributed by atoms with van der Waals surface area (Å²) in [5.74, 6) is 2.60. The number of aromatic nitrogens is 3. The summed E-state index contributed by atoms with van der Waals surface area (Å²) in [5.41, 5.74) is 4.07. The number of hydrogen-bond acceptors (Lipinski definition) is 9. The van der Waals surface area contributed by atoms with Crippen molar-refractivity contribution < 1.29 is 19.2 Å². The SMILES string of the molecule is CNCC(O)COc1cccc(-c2nc(NC3CCN(C(=O)N(C)C)CC3)c(C)c(-c3c(C)noc3C)n2)c1. The molecule has 1 aromatic carbocycles. The number of nitrogens with zero attached hydrogens (tertiary/aromatic N) is 5. The van der Waals surface area contributed by atoms with E-state index in [1.54, 1.807) is 26.0 Å². The fourth-order valence-electron chi connectivity index (χ4n) is 4.75. The third-order valence-corrected chi connectivity index (χ3v) is 6.88. The number of hydrogen-bond donors (Lipinski definition) is 3. The summed E-state index contributed by atoms with van der Waals surface area (Å²) in [6, 6.07) is 7.75. The number of likely N-dealkylation sites (tertiary alicyclic amines) is 1. The number of urea groups is 1. The van der Waals surface area contributed by atoms with Gasteiger partial charge in [0.15, 0.2) is 5.82 Å². The molecule has 1 fully saturated rings. The molecule has 3 aromatic rings. The van der Waals surface area contributed by atoms with Crippen LogP contribution in [0.5, 0.6) is 5.75 Å². The first-order chi connectivity index (χ1) is 18.7. The molecular weight excluding hydrogens is 498 g/mol. The van der Waals surface area contributed by atoms with Crippen LogP contribution in [0.3, 0.4) is 0 Å². The molecule has 1 unspecified atom stereocenters. The fraction of sp³-hybridized carbons (Fsp3) is 0.500. The Morgan fingerprint density at radius 1 is 1.23 bits per heavy atom. The maximum Gasteiger partial charge on any atom is 0.319 e. The first kappa shape index (κ1) is 28.3. The molecule has 0 spiro atoms. The average molecular weight is 538 g/mol. The average Bonchev–Trinajstić information content (AvgIpc) is 3.26. The molecule has 0 bridgehead atoms. The zero-order chi connectivity index (χ0) is 28.1. The highest BCUT2D eigenvalue weighted by atomic mass is 16.5. The van der Waals surface area contributed by atoms with Crippen LogP contribution >= 0.6 is 0 Å². The molecule has 210 valence electrons. The van der Waals surface area contributed by atoms with Gasteiger partial charge in [0.1, 0.15) is 30.0 Å². The second kappa shape index (κ2) is 12.4. The van der Waals surface area contributed by atoms with Crippen LogP contribution in [0.15, 0.2) is 28.8 Å². The van der Waals surface area contributed by atoms with E-state index >= 15 is 0 Å². The molecule has 4 rings (SSSR count). The second-order valence-electron chi connectivity index (χ2n) is 10.2. The van der Waals surface area contributed by atoms with Gasteiger partial charge in [0.25, 0.3) is 0 Å². The number of amides is 2. The van der Waals surface area contributed by atoms with Crippen LogP contribution in [0, 0.1) is 20.8 Å². The summed E-state index contributed by atoms with van der Waals surface area (Å²) in [7, 11) is 5.34. The van der Waals surface area contributed by atoms with Gasteiger partial charge in [-0.25, -0.2) is 14.8 Å². The molecule has 1 aliphatic rings. The second-order valence-corrected chi connectivity index (χ2v) is 10.2. The number of carbonyl (C=O) groups is 1. The van der Waals surface area contributed by atoms with Crippen LogP contribution in [0.25, 0.3) is 22.6 Å². The Hall–Kier alpha value is -3.70. The number of aliphatic hydroxyl groups is 1. The van der Waals surface area contributed by atoms with E-state index in [-0.39, 0.29) is 18.7 Å². The molecule has 1 saturated heterocycles. The van der Waals surface area contributed by atoms with Crippen molar-refractivity contribution in [1.29, 1.82) is 0 Å². The van der Waals surface area contributed by atoms with Gasteiger partial charge in [-0.15, -0.1) is 0 Å². The minimum absolute atomic E-state index is 0.0372. The molecule has 3 N–H and O–H groups in total. The summed E-state index contributed by atoms with van der Waals surface area (Å²) >= 11 is 0. The van der Waals surface area contributed by atoms with E-state index in [0.717, 1.165) is 46.7 Å². The summed E-state index contributed by atoms with van der Waals surface area (Å²) < 4.78 is 11.3. The van der Waals surface area contributed by atoms with Crippen molar-refractivity contribution in [3.63, 3.8) is 0 Å². The van der Waals surface area contributed by atoms with Crippen molar-refractivity contribution in [2.45, 2.75) is 45.8 Å². The topological polar surface area (TPSA) is 129 Å². The van der Waals surface area contributed by atoms with E-state index in [1.807, 2.05) is 49.9 Å². The standard InChI is InChI=1S/C28H39N7O4/c1-17-25(24-18(2)33-39-19(24)3)31-27(20-8-7-9-23(14-20)38-16-22(36)15-29-4)32-26(17)30-21-10-12-35(13-11-21)28(37)34(5)6/h7-9,14,21-22,29,36H,10-13,15-16H2,1-6H3,(H,30,31,32). The number of anilines is 1. The van der Waals surface area contributed by atoms with E-state index in [0.29, 0.717) is 37.0 Å². The van der Waals surface area contributed by atoms with Crippen molar-refractivity contribution >= 4 is 11.8 Å². The molecule has 1 aliphatic heterocycles. The Balaban J connectivity index is 1.64. The number of rotatable bonds is 9. The molecule has 11 nitrogen and oxygen atoms in total. The zero-order valence-electron chi connectivity index (χ0n) is 23.6. The summed E-state index contributed by atoms with van der Waals surface area (Å²) in [6.45, 7) is 7.77. The zero-order valence-corrected chi connectivity index (χ0v) is 23.6. The number of aryl methyl sites for hydroxylation is 2. The van der Waals surface area contributed by atoms with Gasteiger partial charge in [-0.05, 0) is 52.8 Å². The molecule has 39 heavy (non-hydrogen) atoms. The maximum absolute atomic E-state index is 12.4. The van der Waals surface area contributed by atoms with E-state index in [9.17, 15) is 9.90 Å². The lowest BCUT2D eigenvalue weighted by molar-refractivity contribution is 0.108. The number of ether oxygens (including phenoxy) is 1. The number of likely N-dealkylation sites (N-methyl/N-ethyl adjacent to an activating group) is 1. The number of piperidine rings is 1. The monoisotopic (exact) mass is 537 g/mol. The van der Waals surface area contributed by atoms with Gasteiger partial charge in [0.05, 0.1) is 17.0 Å². The van der Waals surface area contributed by atoms with Gasteiger partial charge in [-0.2, -0.15) is 0 Å². The number of carbonyl (C=O) groups excluding carboxylic acids is 1. The van der Waals surface area contributed by atoms with E-state index < -0.39 is 6.10 Å². The largest absolute Gasteiger partial charge is 0.491 e. The van der Waals surface area contributed by atoms with Crippen molar-refractivity contribution in [3.05, 3.63) is 41.3 Å². The van der Waals surface area contributed by atoms with E-state index in [4.69, 9.17) is 19.2 Å². The summed E-state index contributed by atoms with van der Waals surface area (Å²) in [5, 5.41) is 20.7. The van der Waals surface area contributed by atoms with Gasteiger partial charge >= 0.3 is 6.03 Å². The lowest BCUT2D eigenvalue weighted by Crippen LogP contribution is -2.46. The number of nitrogens with one attached hydrogen (secondary N) is 2. The summed E-state index contributed by atoms with van der Waals surface area (Å²) in [4.78, 5) is 25.8. The Labute approximate surface area is 229 Å². The predicted molar refractivity (Wildman–Crippen MR) is 150 cm³/mol. The quantitative estimate of drug-likeness (QED) is 0.377. The van der Waals surface area contributed by atoms with Gasteiger partial charge in [-0.3, -0.25) is 0 Å². The number of aliphatic hydroxyl groups excluding tert-OH is 1. The Kier molecular flexibility index (Phi) is 9.03. The van der Waals surface area contributed by atoms with E-state index in [2.05, 4.69) is 15.8 Å². The predicted octanol–water partition coefficient (Wildman–Crippen LogP) is 3.24. The van der Waals surface area contributed by atoms with Crippen molar-refractivity contribution in [2.24, 2.45) is 0 Å². The first-order valence-electron chi connectivity index (χ1n) is 13.3. The van der Waals surface area contributed by atoms with Crippen molar-refractivity contribution in [2.75, 3.05) is 52.7 Å². The van der Waals surface area contributed by atoms with Crippen LogP contribution in [0.2, 0.25) is 0 Å². The minimum Gasteiger partial charge on any atom is -0.491 e. The van der Waals surface area contributed by atoms with Crippen LogP contribution < -0.4 is 15.4 Å². The van der Waals surface area contributed by atoms with Gasteiger partial charge in [-0.1, -0.05) is 17.3 Å². The Morgan fingerprint density at radius 2 is 1.97 bits per heavy atom. The lowest BCUT2D eigenvalue weighted by atomic mass is 10.0. The molecule has 2 aromatic heterocycles. The van der Waals surface area contributed by atoms with Crippen molar-refractivity contribution in [1.82, 2.24) is 30.2 Å². The molecule has 2 amide bonds. The van der Waals surface area contributed by atoms with Gasteiger partial charge in [0, 0.05) is 50.9 Å². The van der Waals surface area contributed by atoms with Crippen LogP contribution in [-0.2, 0) is 0 Å². The molecule has 1 atom stereocenters. The molecule has 11 heteroatoms.